The van der Waals surface area contributed by atoms with Crippen LogP contribution in [-0.2, 0) is 0 Å². The van der Waals surface area contributed by atoms with Crippen LogP contribution >= 0.6 is 0 Å². The van der Waals surface area contributed by atoms with Gasteiger partial charge in [0.25, 0.3) is 5.91 Å². The third kappa shape index (κ3) is 2.95. The largest absolute Gasteiger partial charge is 0.399 e. The van der Waals surface area contributed by atoms with Crippen molar-refractivity contribution in [3.8, 4) is 22.5 Å². The highest BCUT2D eigenvalue weighted by Crippen LogP contribution is 2.48. The van der Waals surface area contributed by atoms with E-state index < -0.39 is 0 Å². The number of imidazole rings is 1. The third-order valence-corrected chi connectivity index (χ3v) is 6.69. The van der Waals surface area contributed by atoms with Crippen LogP contribution in [0.2, 0.25) is 0 Å². The molecule has 0 saturated heterocycles. The molecule has 3 heterocycles. The van der Waals surface area contributed by atoms with Crippen molar-refractivity contribution in [3.63, 3.8) is 0 Å². The summed E-state index contributed by atoms with van der Waals surface area (Å²) >= 11 is 0. The average Bonchev–Trinajstić information content (AvgIpc) is 3.60. The number of amides is 1. The zero-order chi connectivity index (χ0) is 23.5. The zero-order valence-electron chi connectivity index (χ0n) is 18.5. The normalized spacial score (nSPS) is 14.2. The number of hydrogen-bond acceptors (Lipinski definition) is 4. The van der Waals surface area contributed by atoms with Crippen molar-refractivity contribution in [2.45, 2.75) is 6.04 Å². The predicted molar refractivity (Wildman–Crippen MR) is 137 cm³/mol. The van der Waals surface area contributed by atoms with Crippen molar-refractivity contribution in [3.05, 3.63) is 102 Å². The van der Waals surface area contributed by atoms with Crippen LogP contribution in [0.15, 0.2) is 85.2 Å². The number of rotatable bonds is 3. The fourth-order valence-corrected chi connectivity index (χ4v) is 5.13. The smallest absolute Gasteiger partial charge is 0.252 e. The molecule has 1 aliphatic carbocycles. The van der Waals surface area contributed by atoms with Gasteiger partial charge in [0.05, 0.1) is 22.6 Å². The van der Waals surface area contributed by atoms with Gasteiger partial charge in [-0.2, -0.15) is 0 Å². The lowest BCUT2D eigenvalue weighted by molar-refractivity contribution is 0.0945. The number of anilines is 1. The van der Waals surface area contributed by atoms with Crippen molar-refractivity contribution < 1.29 is 4.79 Å². The van der Waals surface area contributed by atoms with Crippen LogP contribution in [0, 0.1) is 0 Å². The maximum Gasteiger partial charge on any atom is 0.252 e. The summed E-state index contributed by atoms with van der Waals surface area (Å²) < 4.78 is 0. The topological polar surface area (TPSA) is 112 Å². The molecular formula is C28H20N6O. The lowest BCUT2D eigenvalue weighted by Gasteiger charge is -2.17. The number of carbonyl (C=O) groups excluding carboxylic acids is 1. The summed E-state index contributed by atoms with van der Waals surface area (Å²) in [4.78, 5) is 29.1. The van der Waals surface area contributed by atoms with Crippen molar-refractivity contribution >= 4 is 33.7 Å². The van der Waals surface area contributed by atoms with E-state index in [0.717, 1.165) is 50.1 Å². The molecule has 35 heavy (non-hydrogen) atoms. The van der Waals surface area contributed by atoms with Gasteiger partial charge in [0.1, 0.15) is 11.5 Å². The molecule has 0 bridgehead atoms. The molecule has 1 aliphatic rings. The van der Waals surface area contributed by atoms with E-state index in [0.29, 0.717) is 16.9 Å². The van der Waals surface area contributed by atoms with E-state index in [4.69, 9.17) is 10.7 Å². The molecule has 0 saturated carbocycles. The van der Waals surface area contributed by atoms with Gasteiger partial charge in [0.2, 0.25) is 0 Å². The summed E-state index contributed by atoms with van der Waals surface area (Å²) in [7, 11) is 0. The minimum atomic E-state index is -0.345. The van der Waals surface area contributed by atoms with E-state index in [1.165, 1.54) is 0 Å². The zero-order valence-corrected chi connectivity index (χ0v) is 18.5. The summed E-state index contributed by atoms with van der Waals surface area (Å²) in [6.45, 7) is 0. The fourth-order valence-electron chi connectivity index (χ4n) is 5.13. The molecule has 168 valence electrons. The van der Waals surface area contributed by atoms with E-state index in [1.54, 1.807) is 18.5 Å². The Morgan fingerprint density at radius 1 is 0.943 bits per heavy atom. The number of aromatic nitrogens is 4. The molecule has 0 spiro atoms. The van der Waals surface area contributed by atoms with E-state index in [1.807, 2.05) is 54.6 Å². The Labute approximate surface area is 200 Å². The minimum Gasteiger partial charge on any atom is -0.399 e. The maximum atomic E-state index is 13.5. The monoisotopic (exact) mass is 456 g/mol. The molecule has 7 heteroatoms. The second-order valence-electron chi connectivity index (χ2n) is 8.72. The van der Waals surface area contributed by atoms with E-state index in [9.17, 15) is 4.79 Å². The van der Waals surface area contributed by atoms with E-state index in [2.05, 4.69) is 32.4 Å². The number of carbonyl (C=O) groups is 1. The third-order valence-electron chi connectivity index (χ3n) is 6.69. The van der Waals surface area contributed by atoms with Gasteiger partial charge in [0.15, 0.2) is 0 Å². The van der Waals surface area contributed by atoms with Gasteiger partial charge in [-0.1, -0.05) is 36.4 Å². The van der Waals surface area contributed by atoms with Crippen molar-refractivity contribution in [2.24, 2.45) is 0 Å². The Hall–Kier alpha value is -4.91. The Balaban J connectivity index is 1.38. The molecule has 7 rings (SSSR count). The highest BCUT2D eigenvalue weighted by Gasteiger charge is 2.33. The Morgan fingerprint density at radius 3 is 2.77 bits per heavy atom. The van der Waals surface area contributed by atoms with Gasteiger partial charge < -0.3 is 21.0 Å². The van der Waals surface area contributed by atoms with Crippen LogP contribution in [0.1, 0.15) is 27.5 Å². The number of nitrogens with one attached hydrogen (secondary N) is 3. The van der Waals surface area contributed by atoms with Gasteiger partial charge in [0, 0.05) is 29.0 Å². The van der Waals surface area contributed by atoms with E-state index in [-0.39, 0.29) is 11.9 Å². The molecule has 1 atom stereocenters. The van der Waals surface area contributed by atoms with Crippen LogP contribution in [0.25, 0.3) is 44.6 Å². The number of nitrogen functional groups attached to an aromatic ring is 1. The molecule has 3 aromatic carbocycles. The fraction of sp³-hybridized carbons (Fsp3) is 0.0357. The quantitative estimate of drug-likeness (QED) is 0.275. The lowest BCUT2D eigenvalue weighted by Crippen LogP contribution is -2.28. The number of H-pyrrole nitrogens is 2. The Morgan fingerprint density at radius 2 is 1.86 bits per heavy atom. The molecule has 5 N–H and O–H groups in total. The number of aromatic amines is 2. The van der Waals surface area contributed by atoms with Gasteiger partial charge in [-0.3, -0.25) is 4.79 Å². The molecule has 1 amide bonds. The Kier molecular flexibility index (Phi) is 4.08. The number of pyridine rings is 1. The summed E-state index contributed by atoms with van der Waals surface area (Å²) in [6.07, 6.45) is 3.43. The molecule has 6 aromatic rings. The first-order chi connectivity index (χ1) is 17.2. The Bertz CT molecular complexity index is 1750. The predicted octanol–water partition coefficient (Wildman–Crippen LogP) is 5.19. The van der Waals surface area contributed by atoms with Crippen molar-refractivity contribution in [1.82, 2.24) is 25.3 Å². The highest BCUT2D eigenvalue weighted by molar-refractivity contribution is 6.06. The molecule has 7 nitrogen and oxygen atoms in total. The van der Waals surface area contributed by atoms with Gasteiger partial charge in [-0.05, 0) is 58.7 Å². The first-order valence-electron chi connectivity index (χ1n) is 11.4. The molecule has 0 aliphatic heterocycles. The number of nitrogens with two attached hydrogens (primary N) is 1. The first-order valence-corrected chi connectivity index (χ1v) is 11.4. The van der Waals surface area contributed by atoms with Gasteiger partial charge in [-0.25, -0.2) is 9.97 Å². The van der Waals surface area contributed by atoms with Crippen LogP contribution in [0.3, 0.4) is 0 Å². The minimum absolute atomic E-state index is 0.169. The van der Waals surface area contributed by atoms with Crippen LogP contribution in [0.4, 0.5) is 5.69 Å². The van der Waals surface area contributed by atoms with Crippen molar-refractivity contribution in [1.29, 1.82) is 0 Å². The summed E-state index contributed by atoms with van der Waals surface area (Å²) in [5, 5.41) is 4.04. The maximum absolute atomic E-state index is 13.5. The summed E-state index contributed by atoms with van der Waals surface area (Å²) in [5.41, 5.74) is 15.0. The first kappa shape index (κ1) is 19.5. The molecule has 0 radical (unpaired) electrons. The van der Waals surface area contributed by atoms with Crippen LogP contribution in [-0.4, -0.2) is 25.8 Å². The second kappa shape index (κ2) is 7.30. The van der Waals surface area contributed by atoms with Crippen molar-refractivity contribution in [2.75, 3.05) is 5.73 Å². The number of nitrogens with zero attached hydrogens (tertiary/aromatic N) is 2. The lowest BCUT2D eigenvalue weighted by atomic mass is 9.98. The number of para-hydroxylation sites is 2. The summed E-state index contributed by atoms with van der Waals surface area (Å²) in [6, 6.07) is 23.2. The molecular weight excluding hydrogens is 436 g/mol. The van der Waals surface area contributed by atoms with Crippen LogP contribution < -0.4 is 11.1 Å². The average molecular weight is 457 g/mol. The number of hydrogen-bond donors (Lipinski definition) is 4. The highest BCUT2D eigenvalue weighted by atomic mass is 16.1. The standard InChI is InChI=1S/C28H20N6O/c29-15-8-9-16-21(14-15)25(34-28(35)18-11-13-31-26-17(18)10-12-30-26)19-4-3-5-20(24(16)19)27-32-22-6-1-2-7-23(22)33-27/h1-14,25H,29H2,(H,30,31)(H,32,33)(H,34,35)/t25-/m0/s1. The SMILES string of the molecule is Nc1ccc2c(c1)[C@@H](NC(=O)c1ccnc3[nH]ccc13)c1cccc(-c3nc4ccccc4[nH]3)c1-2. The van der Waals surface area contributed by atoms with Gasteiger partial charge >= 0.3 is 0 Å². The molecule has 0 fully saturated rings. The van der Waals surface area contributed by atoms with Gasteiger partial charge in [-0.15, -0.1) is 0 Å². The molecule has 3 aromatic heterocycles. The summed E-state index contributed by atoms with van der Waals surface area (Å²) in [5.74, 6) is 0.623. The van der Waals surface area contributed by atoms with Crippen LogP contribution in [0.5, 0.6) is 0 Å². The molecule has 0 unspecified atom stereocenters. The number of benzene rings is 3. The second-order valence-corrected chi connectivity index (χ2v) is 8.72. The van der Waals surface area contributed by atoms with E-state index >= 15 is 0 Å². The number of fused-ring (bicyclic) bond motifs is 5.